The van der Waals surface area contributed by atoms with E-state index in [-0.39, 0.29) is 19.1 Å². The molecule has 0 saturated heterocycles. The summed E-state index contributed by atoms with van der Waals surface area (Å²) in [6.45, 7) is -0.00656. The summed E-state index contributed by atoms with van der Waals surface area (Å²) in [5.74, 6) is 0.336. The lowest BCUT2D eigenvalue weighted by Crippen LogP contribution is -2.30. The molecule has 2 aromatic carbocycles. The van der Waals surface area contributed by atoms with Crippen LogP contribution >= 0.6 is 0 Å². The van der Waals surface area contributed by atoms with Crippen molar-refractivity contribution < 1.29 is 28.9 Å². The summed E-state index contributed by atoms with van der Waals surface area (Å²) in [6.07, 6.45) is 0.639. The van der Waals surface area contributed by atoms with Crippen LogP contribution in [-0.2, 0) is 16.0 Å². The van der Waals surface area contributed by atoms with Crippen LogP contribution in [-0.4, -0.2) is 43.9 Å². The largest absolute Gasteiger partial charge is 0.493 e. The van der Waals surface area contributed by atoms with Gasteiger partial charge in [0.2, 0.25) is 0 Å². The summed E-state index contributed by atoms with van der Waals surface area (Å²) in [6, 6.07) is 14.2. The molecule has 26 heavy (non-hydrogen) atoms. The molecule has 2 N–H and O–H groups in total. The van der Waals surface area contributed by atoms with Crippen molar-refractivity contribution in [1.82, 2.24) is 5.32 Å². The van der Waals surface area contributed by atoms with Gasteiger partial charge in [-0.3, -0.25) is 4.79 Å². The zero-order chi connectivity index (χ0) is 18.8. The lowest BCUT2D eigenvalue weighted by molar-refractivity contribution is -0.139. The van der Waals surface area contributed by atoms with E-state index in [1.54, 1.807) is 37.4 Å². The van der Waals surface area contributed by atoms with Crippen LogP contribution in [0.15, 0.2) is 48.5 Å². The number of carbonyl (C=O) groups excluding carboxylic acids is 1. The maximum Gasteiger partial charge on any atom is 0.341 e. The van der Waals surface area contributed by atoms with E-state index in [0.717, 1.165) is 5.56 Å². The second-order valence-electron chi connectivity index (χ2n) is 5.37. The Labute approximate surface area is 151 Å². The number of aliphatic carboxylic acids is 1. The number of benzene rings is 2. The summed E-state index contributed by atoms with van der Waals surface area (Å²) in [7, 11) is 1.54. The molecule has 0 heterocycles. The van der Waals surface area contributed by atoms with Crippen LogP contribution in [0.3, 0.4) is 0 Å². The van der Waals surface area contributed by atoms with E-state index in [4.69, 9.17) is 19.3 Å². The molecule has 0 aliphatic heterocycles. The molecule has 2 rings (SSSR count). The molecule has 0 fully saturated rings. The van der Waals surface area contributed by atoms with Gasteiger partial charge in [0.25, 0.3) is 5.91 Å². The lowest BCUT2D eigenvalue weighted by Gasteiger charge is -2.10. The topological polar surface area (TPSA) is 94.1 Å². The minimum absolute atomic E-state index is 0.0949. The van der Waals surface area contributed by atoms with E-state index in [2.05, 4.69) is 5.32 Å². The third kappa shape index (κ3) is 6.35. The molecule has 0 spiro atoms. The van der Waals surface area contributed by atoms with Gasteiger partial charge in [-0.2, -0.15) is 0 Å². The maximum absolute atomic E-state index is 11.9. The number of carboxylic acid groups (broad SMARTS) is 1. The fourth-order valence-corrected chi connectivity index (χ4v) is 2.18. The van der Waals surface area contributed by atoms with Gasteiger partial charge in [0.15, 0.2) is 24.7 Å². The zero-order valence-corrected chi connectivity index (χ0v) is 14.4. The average molecular weight is 359 g/mol. The number of nitrogens with one attached hydrogen (secondary N) is 1. The van der Waals surface area contributed by atoms with Crippen molar-refractivity contribution in [3.05, 3.63) is 54.1 Å². The van der Waals surface area contributed by atoms with Crippen LogP contribution in [0.5, 0.6) is 17.2 Å². The highest BCUT2D eigenvalue weighted by Gasteiger charge is 2.06. The molecule has 2 aromatic rings. The van der Waals surface area contributed by atoms with E-state index in [9.17, 15) is 9.59 Å². The van der Waals surface area contributed by atoms with Crippen LogP contribution < -0.4 is 19.5 Å². The smallest absolute Gasteiger partial charge is 0.341 e. The Balaban J connectivity index is 1.70. The fourth-order valence-electron chi connectivity index (χ4n) is 2.18. The van der Waals surface area contributed by atoms with Gasteiger partial charge in [0.1, 0.15) is 5.75 Å². The van der Waals surface area contributed by atoms with Gasteiger partial charge in [-0.25, -0.2) is 4.79 Å². The van der Waals surface area contributed by atoms with Gasteiger partial charge in [0, 0.05) is 6.54 Å². The van der Waals surface area contributed by atoms with Crippen molar-refractivity contribution in [2.24, 2.45) is 0 Å². The Morgan fingerprint density at radius 2 is 1.65 bits per heavy atom. The van der Waals surface area contributed by atoms with E-state index < -0.39 is 5.97 Å². The molecule has 138 valence electrons. The highest BCUT2D eigenvalue weighted by Crippen LogP contribution is 2.25. The van der Waals surface area contributed by atoms with Crippen LogP contribution in [0.25, 0.3) is 0 Å². The van der Waals surface area contributed by atoms with Crippen LogP contribution in [0.2, 0.25) is 0 Å². The predicted molar refractivity (Wildman–Crippen MR) is 94.8 cm³/mol. The number of hydrogen-bond donors (Lipinski definition) is 2. The van der Waals surface area contributed by atoms with E-state index >= 15 is 0 Å². The number of para-hydroxylation sites is 2. The first kappa shape index (κ1) is 19.1. The lowest BCUT2D eigenvalue weighted by atomic mass is 10.1. The highest BCUT2D eigenvalue weighted by atomic mass is 16.5. The average Bonchev–Trinajstić information content (AvgIpc) is 2.66. The number of carboxylic acids is 1. The number of methoxy groups -OCH3 is 1. The Hall–Kier alpha value is -3.22. The van der Waals surface area contributed by atoms with E-state index in [1.807, 2.05) is 18.2 Å². The standard InChI is InChI=1S/C19H21NO6/c1-24-16-4-2-3-5-17(16)26-12-18(21)20-11-10-14-6-8-15(9-7-14)25-13-19(22)23/h2-9H,10-13H2,1H3,(H,20,21)(H,22,23). The molecule has 0 unspecified atom stereocenters. The molecule has 0 saturated carbocycles. The number of hydrogen-bond acceptors (Lipinski definition) is 5. The molecule has 0 aromatic heterocycles. The van der Waals surface area contributed by atoms with Crippen LogP contribution in [0.1, 0.15) is 5.56 Å². The highest BCUT2D eigenvalue weighted by molar-refractivity contribution is 5.77. The summed E-state index contributed by atoms with van der Waals surface area (Å²) in [5, 5.41) is 11.3. The van der Waals surface area contributed by atoms with Gasteiger partial charge in [0.05, 0.1) is 7.11 Å². The quantitative estimate of drug-likeness (QED) is 0.673. The van der Waals surface area contributed by atoms with Gasteiger partial charge in [-0.1, -0.05) is 24.3 Å². The van der Waals surface area contributed by atoms with Crippen molar-refractivity contribution in [3.8, 4) is 17.2 Å². The van der Waals surface area contributed by atoms with Crippen molar-refractivity contribution in [1.29, 1.82) is 0 Å². The Kier molecular flexibility index (Phi) is 7.30. The monoisotopic (exact) mass is 359 g/mol. The minimum atomic E-state index is -1.02. The van der Waals surface area contributed by atoms with Crippen molar-refractivity contribution in [3.63, 3.8) is 0 Å². The van der Waals surface area contributed by atoms with Crippen molar-refractivity contribution >= 4 is 11.9 Å². The van der Waals surface area contributed by atoms with Crippen molar-refractivity contribution in [2.45, 2.75) is 6.42 Å². The summed E-state index contributed by atoms with van der Waals surface area (Å²) in [5.41, 5.74) is 0.999. The third-order valence-electron chi connectivity index (χ3n) is 3.45. The minimum Gasteiger partial charge on any atom is -0.493 e. The fraction of sp³-hybridized carbons (Fsp3) is 0.263. The molecule has 0 bridgehead atoms. The number of carbonyl (C=O) groups is 2. The van der Waals surface area contributed by atoms with Crippen molar-refractivity contribution in [2.75, 3.05) is 26.9 Å². The Morgan fingerprint density at radius 1 is 0.962 bits per heavy atom. The number of rotatable bonds is 10. The molecule has 7 nitrogen and oxygen atoms in total. The molecule has 0 radical (unpaired) electrons. The first-order valence-electron chi connectivity index (χ1n) is 8.04. The molecule has 0 aliphatic rings. The second-order valence-corrected chi connectivity index (χ2v) is 5.37. The van der Waals surface area contributed by atoms with Gasteiger partial charge in [-0.05, 0) is 36.2 Å². The predicted octanol–water partition coefficient (Wildman–Crippen LogP) is 1.90. The zero-order valence-electron chi connectivity index (χ0n) is 14.4. The summed E-state index contributed by atoms with van der Waals surface area (Å²) in [4.78, 5) is 22.3. The van der Waals surface area contributed by atoms with Crippen LogP contribution in [0.4, 0.5) is 0 Å². The first-order chi connectivity index (χ1) is 12.6. The number of amides is 1. The van der Waals surface area contributed by atoms with Gasteiger partial charge >= 0.3 is 5.97 Å². The Morgan fingerprint density at radius 3 is 2.31 bits per heavy atom. The van der Waals surface area contributed by atoms with E-state index in [1.165, 1.54) is 0 Å². The molecule has 0 atom stereocenters. The number of ether oxygens (including phenoxy) is 3. The first-order valence-corrected chi connectivity index (χ1v) is 8.04. The molecule has 1 amide bonds. The molecular weight excluding hydrogens is 338 g/mol. The van der Waals surface area contributed by atoms with Crippen LogP contribution in [0, 0.1) is 0 Å². The Bertz CT molecular complexity index is 729. The SMILES string of the molecule is COc1ccccc1OCC(=O)NCCc1ccc(OCC(=O)O)cc1. The third-order valence-corrected chi connectivity index (χ3v) is 3.45. The molecule has 0 aliphatic carbocycles. The maximum atomic E-state index is 11.9. The second kappa shape index (κ2) is 9.93. The van der Waals surface area contributed by atoms with E-state index in [0.29, 0.717) is 30.2 Å². The normalized spacial score (nSPS) is 10.0. The molecule has 7 heteroatoms. The molecular formula is C19H21NO6. The van der Waals surface area contributed by atoms with Gasteiger partial charge < -0.3 is 24.6 Å². The van der Waals surface area contributed by atoms with Gasteiger partial charge in [-0.15, -0.1) is 0 Å². The summed E-state index contributed by atoms with van der Waals surface area (Å²) < 4.78 is 15.7. The summed E-state index contributed by atoms with van der Waals surface area (Å²) >= 11 is 0.